The molecule has 38 heavy (non-hydrogen) atoms. The second-order valence-corrected chi connectivity index (χ2v) is 9.82. The predicted molar refractivity (Wildman–Crippen MR) is 150 cm³/mol. The summed E-state index contributed by atoms with van der Waals surface area (Å²) in [4.78, 5) is 23.9. The highest BCUT2D eigenvalue weighted by molar-refractivity contribution is 5.69. The molecule has 0 aliphatic carbocycles. The SMILES string of the molecule is CCCCCCOCCOC(C)OC(=O)CCCCCCCCC(=O)OC(C)OCCOCCCCCC. The van der Waals surface area contributed by atoms with E-state index >= 15 is 0 Å². The Morgan fingerprint density at radius 2 is 0.842 bits per heavy atom. The topological polar surface area (TPSA) is 89.5 Å². The smallest absolute Gasteiger partial charge is 0.308 e. The van der Waals surface area contributed by atoms with E-state index in [0.717, 1.165) is 64.6 Å². The first kappa shape index (κ1) is 36.8. The number of ether oxygens (including phenoxy) is 6. The predicted octanol–water partition coefficient (Wildman–Crippen LogP) is 7.11. The third-order valence-corrected chi connectivity index (χ3v) is 6.05. The highest BCUT2D eigenvalue weighted by Gasteiger charge is 2.11. The van der Waals surface area contributed by atoms with E-state index in [0.29, 0.717) is 39.3 Å². The quantitative estimate of drug-likeness (QED) is 0.0557. The zero-order valence-electron chi connectivity index (χ0n) is 25.0. The Morgan fingerprint density at radius 3 is 1.24 bits per heavy atom. The first-order chi connectivity index (χ1) is 18.5. The van der Waals surface area contributed by atoms with Crippen molar-refractivity contribution in [1.29, 1.82) is 0 Å². The van der Waals surface area contributed by atoms with Crippen molar-refractivity contribution in [2.24, 2.45) is 0 Å². The Kier molecular flexibility index (Phi) is 27.9. The maximum absolute atomic E-state index is 11.9. The molecule has 0 aromatic rings. The highest BCUT2D eigenvalue weighted by Crippen LogP contribution is 2.11. The van der Waals surface area contributed by atoms with Gasteiger partial charge in [0, 0.05) is 26.1 Å². The lowest BCUT2D eigenvalue weighted by atomic mass is 10.1. The maximum atomic E-state index is 11.9. The van der Waals surface area contributed by atoms with Crippen LogP contribution in [0.25, 0.3) is 0 Å². The van der Waals surface area contributed by atoms with E-state index in [1.165, 1.54) is 38.5 Å². The molecule has 8 nitrogen and oxygen atoms in total. The summed E-state index contributed by atoms with van der Waals surface area (Å²) in [5, 5.41) is 0. The van der Waals surface area contributed by atoms with Crippen LogP contribution in [0.15, 0.2) is 0 Å². The lowest BCUT2D eigenvalue weighted by Gasteiger charge is -2.14. The van der Waals surface area contributed by atoms with Crippen LogP contribution in [-0.2, 0) is 38.0 Å². The fraction of sp³-hybridized carbons (Fsp3) is 0.933. The Labute approximate surface area is 232 Å². The lowest BCUT2D eigenvalue weighted by Crippen LogP contribution is -2.20. The van der Waals surface area contributed by atoms with Crippen molar-refractivity contribution >= 4 is 11.9 Å². The Balaban J connectivity index is 3.47. The number of carbonyl (C=O) groups excluding carboxylic acids is 2. The van der Waals surface area contributed by atoms with Crippen molar-refractivity contribution in [2.45, 2.75) is 143 Å². The van der Waals surface area contributed by atoms with Crippen molar-refractivity contribution in [1.82, 2.24) is 0 Å². The Bertz CT molecular complexity index is 482. The molecule has 0 radical (unpaired) electrons. The van der Waals surface area contributed by atoms with E-state index < -0.39 is 12.6 Å². The van der Waals surface area contributed by atoms with Crippen LogP contribution in [-0.4, -0.2) is 64.2 Å². The van der Waals surface area contributed by atoms with Gasteiger partial charge in [0.1, 0.15) is 0 Å². The number of carbonyl (C=O) groups is 2. The van der Waals surface area contributed by atoms with Crippen molar-refractivity contribution in [2.75, 3.05) is 39.6 Å². The third-order valence-electron chi connectivity index (χ3n) is 6.05. The van der Waals surface area contributed by atoms with Gasteiger partial charge in [-0.2, -0.15) is 0 Å². The first-order valence-electron chi connectivity index (χ1n) is 15.3. The molecule has 0 spiro atoms. The van der Waals surface area contributed by atoms with Crippen molar-refractivity contribution in [3.8, 4) is 0 Å². The number of rotatable bonds is 29. The molecule has 226 valence electrons. The van der Waals surface area contributed by atoms with Gasteiger partial charge < -0.3 is 28.4 Å². The summed E-state index contributed by atoms with van der Waals surface area (Å²) in [5.41, 5.74) is 0. The van der Waals surface area contributed by atoms with Crippen LogP contribution in [0.5, 0.6) is 0 Å². The molecule has 0 saturated carbocycles. The molecular weight excluding hydrogens is 488 g/mol. The highest BCUT2D eigenvalue weighted by atomic mass is 16.7. The van der Waals surface area contributed by atoms with Gasteiger partial charge in [-0.15, -0.1) is 0 Å². The van der Waals surface area contributed by atoms with Crippen LogP contribution < -0.4 is 0 Å². The van der Waals surface area contributed by atoms with Gasteiger partial charge in [0.15, 0.2) is 12.6 Å². The van der Waals surface area contributed by atoms with Gasteiger partial charge in [-0.3, -0.25) is 9.59 Å². The molecular formula is C30H58O8. The van der Waals surface area contributed by atoms with Gasteiger partial charge in [0.05, 0.1) is 26.4 Å². The number of hydrogen-bond acceptors (Lipinski definition) is 8. The van der Waals surface area contributed by atoms with E-state index in [1.807, 2.05) is 0 Å². The van der Waals surface area contributed by atoms with Gasteiger partial charge in [0.2, 0.25) is 0 Å². The number of esters is 2. The maximum Gasteiger partial charge on any atom is 0.308 e. The molecule has 0 aliphatic rings. The molecule has 0 fully saturated rings. The summed E-state index contributed by atoms with van der Waals surface area (Å²) < 4.78 is 32.6. The zero-order chi connectivity index (χ0) is 28.1. The zero-order valence-corrected chi connectivity index (χ0v) is 25.0. The van der Waals surface area contributed by atoms with E-state index in [1.54, 1.807) is 13.8 Å². The fourth-order valence-electron chi connectivity index (χ4n) is 3.81. The molecule has 2 atom stereocenters. The van der Waals surface area contributed by atoms with Crippen molar-refractivity contribution in [3.63, 3.8) is 0 Å². The second kappa shape index (κ2) is 28.8. The number of unbranched alkanes of at least 4 members (excludes halogenated alkanes) is 11. The summed E-state index contributed by atoms with van der Waals surface area (Å²) in [6.07, 6.45) is 14.8. The minimum atomic E-state index is -0.548. The van der Waals surface area contributed by atoms with Gasteiger partial charge in [-0.1, -0.05) is 78.1 Å². The molecule has 2 unspecified atom stereocenters. The molecule has 0 bridgehead atoms. The normalized spacial score (nSPS) is 12.8. The molecule has 0 N–H and O–H groups in total. The van der Waals surface area contributed by atoms with Crippen LogP contribution in [0.2, 0.25) is 0 Å². The van der Waals surface area contributed by atoms with E-state index in [2.05, 4.69) is 13.8 Å². The van der Waals surface area contributed by atoms with Gasteiger partial charge in [-0.05, 0) is 39.5 Å². The van der Waals surface area contributed by atoms with Gasteiger partial charge in [-0.25, -0.2) is 0 Å². The van der Waals surface area contributed by atoms with Crippen molar-refractivity contribution in [3.05, 3.63) is 0 Å². The molecule has 0 aromatic carbocycles. The Hall–Kier alpha value is -1.22. The summed E-state index contributed by atoms with van der Waals surface area (Å²) in [7, 11) is 0. The van der Waals surface area contributed by atoms with E-state index in [4.69, 9.17) is 28.4 Å². The molecule has 0 aromatic heterocycles. The summed E-state index contributed by atoms with van der Waals surface area (Å²) >= 11 is 0. The minimum Gasteiger partial charge on any atom is -0.436 e. The molecule has 0 saturated heterocycles. The Morgan fingerprint density at radius 1 is 0.474 bits per heavy atom. The molecule has 0 amide bonds. The summed E-state index contributed by atoms with van der Waals surface area (Å²) in [6.45, 7) is 11.3. The standard InChI is InChI=1S/C30H58O8/c1-5-7-9-17-21-33-23-25-35-27(3)37-29(31)19-15-13-11-12-14-16-20-30(32)38-28(4)36-26-24-34-22-18-10-8-6-2/h27-28H,5-26H2,1-4H3. The lowest BCUT2D eigenvalue weighted by molar-refractivity contribution is -0.178. The fourth-order valence-corrected chi connectivity index (χ4v) is 3.81. The van der Waals surface area contributed by atoms with Gasteiger partial charge in [0.25, 0.3) is 0 Å². The monoisotopic (exact) mass is 546 g/mol. The third kappa shape index (κ3) is 27.8. The van der Waals surface area contributed by atoms with E-state index in [9.17, 15) is 9.59 Å². The van der Waals surface area contributed by atoms with Crippen LogP contribution in [0.4, 0.5) is 0 Å². The van der Waals surface area contributed by atoms with Crippen molar-refractivity contribution < 1.29 is 38.0 Å². The largest absolute Gasteiger partial charge is 0.436 e. The van der Waals surface area contributed by atoms with Gasteiger partial charge >= 0.3 is 11.9 Å². The first-order valence-corrected chi connectivity index (χ1v) is 15.3. The van der Waals surface area contributed by atoms with Crippen LogP contribution in [0.1, 0.15) is 130 Å². The second-order valence-electron chi connectivity index (χ2n) is 9.82. The van der Waals surface area contributed by atoms with Crippen LogP contribution >= 0.6 is 0 Å². The molecule has 0 rings (SSSR count). The minimum absolute atomic E-state index is 0.226. The number of hydrogen-bond donors (Lipinski definition) is 0. The summed E-state index contributed by atoms with van der Waals surface area (Å²) in [5.74, 6) is -0.453. The summed E-state index contributed by atoms with van der Waals surface area (Å²) in [6, 6.07) is 0. The molecule has 8 heteroatoms. The molecule has 0 aliphatic heterocycles. The van der Waals surface area contributed by atoms with Crippen LogP contribution in [0, 0.1) is 0 Å². The average Bonchev–Trinajstić information content (AvgIpc) is 2.88. The van der Waals surface area contributed by atoms with E-state index in [-0.39, 0.29) is 11.9 Å². The average molecular weight is 547 g/mol. The van der Waals surface area contributed by atoms with Crippen LogP contribution in [0.3, 0.4) is 0 Å². The molecule has 0 heterocycles.